The number of nitrogens with zero attached hydrogens (tertiary/aromatic N) is 3. The van der Waals surface area contributed by atoms with Gasteiger partial charge in [0.2, 0.25) is 0 Å². The Kier molecular flexibility index (Phi) is 6.73. The molecule has 5 rings (SSSR count). The maximum atomic E-state index is 13.0. The van der Waals surface area contributed by atoms with Crippen molar-refractivity contribution in [2.45, 2.75) is 6.92 Å². The second kappa shape index (κ2) is 10.4. The quantitative estimate of drug-likeness (QED) is 0.284. The largest absolute Gasteiger partial charge is 0.496 e. The fourth-order valence-corrected chi connectivity index (χ4v) is 4.12. The molecule has 0 fully saturated rings. The monoisotopic (exact) mass is 506 g/mol. The van der Waals surface area contributed by atoms with E-state index in [4.69, 9.17) is 9.72 Å². The van der Waals surface area contributed by atoms with Crippen LogP contribution in [0.3, 0.4) is 0 Å². The van der Waals surface area contributed by atoms with Gasteiger partial charge >= 0.3 is 0 Å². The number of hydrogen-bond acceptors (Lipinski definition) is 6. The number of rotatable bonds is 7. The molecular weight excluding hydrogens is 480 g/mol. The zero-order valence-electron chi connectivity index (χ0n) is 21.1. The number of aryl methyl sites for hydroxylation is 1. The Morgan fingerprint density at radius 1 is 0.921 bits per heavy atom. The van der Waals surface area contributed by atoms with E-state index in [1.807, 2.05) is 54.0 Å². The Morgan fingerprint density at radius 2 is 1.71 bits per heavy atom. The van der Waals surface area contributed by atoms with Crippen molar-refractivity contribution in [2.75, 3.05) is 24.8 Å². The molecule has 0 unspecified atom stereocenters. The maximum Gasteiger partial charge on any atom is 0.255 e. The van der Waals surface area contributed by atoms with Gasteiger partial charge in [0.05, 0.1) is 12.8 Å². The number of aromatic nitrogens is 3. The van der Waals surface area contributed by atoms with Crippen LogP contribution < -0.4 is 20.7 Å². The number of methoxy groups -OCH3 is 1. The molecule has 9 nitrogen and oxygen atoms in total. The molecule has 0 bridgehead atoms. The van der Waals surface area contributed by atoms with E-state index in [0.29, 0.717) is 34.0 Å². The van der Waals surface area contributed by atoms with Crippen molar-refractivity contribution in [1.82, 2.24) is 19.7 Å². The van der Waals surface area contributed by atoms with Gasteiger partial charge in [0, 0.05) is 53.7 Å². The van der Waals surface area contributed by atoms with Gasteiger partial charge in [-0.2, -0.15) is 0 Å². The summed E-state index contributed by atoms with van der Waals surface area (Å²) in [6.07, 6.45) is 5.44. The average molecular weight is 507 g/mol. The molecule has 2 heterocycles. The van der Waals surface area contributed by atoms with Gasteiger partial charge in [0.25, 0.3) is 11.8 Å². The summed E-state index contributed by atoms with van der Waals surface area (Å²) >= 11 is 0. The molecule has 0 saturated carbocycles. The molecule has 38 heavy (non-hydrogen) atoms. The fraction of sp³-hybridized carbons (Fsp3) is 0.103. The first kappa shape index (κ1) is 24.5. The second-order valence-corrected chi connectivity index (χ2v) is 8.63. The van der Waals surface area contributed by atoms with Crippen LogP contribution >= 0.6 is 0 Å². The number of carbonyl (C=O) groups excluding carboxylic acids is 2. The van der Waals surface area contributed by atoms with Crippen molar-refractivity contribution < 1.29 is 14.3 Å². The second-order valence-electron chi connectivity index (χ2n) is 8.63. The highest BCUT2D eigenvalue weighted by atomic mass is 16.5. The first-order valence-electron chi connectivity index (χ1n) is 11.9. The third-order valence-electron chi connectivity index (χ3n) is 6.08. The van der Waals surface area contributed by atoms with Gasteiger partial charge in [-0.3, -0.25) is 9.59 Å². The van der Waals surface area contributed by atoms with Gasteiger partial charge in [-0.15, -0.1) is 0 Å². The van der Waals surface area contributed by atoms with Crippen LogP contribution in [0.15, 0.2) is 85.3 Å². The van der Waals surface area contributed by atoms with Crippen molar-refractivity contribution in [1.29, 1.82) is 0 Å². The summed E-state index contributed by atoms with van der Waals surface area (Å²) in [5.74, 6) is 0.938. The first-order chi connectivity index (χ1) is 18.4. The van der Waals surface area contributed by atoms with Gasteiger partial charge in [-0.1, -0.05) is 12.1 Å². The topological polar surface area (TPSA) is 110 Å². The first-order valence-corrected chi connectivity index (χ1v) is 11.9. The molecule has 0 saturated heterocycles. The average Bonchev–Trinajstić information content (AvgIpc) is 3.42. The van der Waals surface area contributed by atoms with Crippen LogP contribution in [-0.4, -0.2) is 40.3 Å². The van der Waals surface area contributed by atoms with Gasteiger partial charge in [-0.25, -0.2) is 9.97 Å². The highest BCUT2D eigenvalue weighted by Gasteiger charge is 2.13. The van der Waals surface area contributed by atoms with E-state index < -0.39 is 0 Å². The zero-order chi connectivity index (χ0) is 26.6. The molecule has 2 aromatic heterocycles. The molecule has 3 aromatic carbocycles. The summed E-state index contributed by atoms with van der Waals surface area (Å²) < 4.78 is 7.25. The van der Waals surface area contributed by atoms with Crippen LogP contribution in [0.4, 0.5) is 17.2 Å². The molecule has 9 heteroatoms. The number of ether oxygens (including phenoxy) is 1. The predicted octanol–water partition coefficient (Wildman–Crippen LogP) is 5.07. The van der Waals surface area contributed by atoms with E-state index in [0.717, 1.165) is 22.6 Å². The molecule has 0 spiro atoms. The normalized spacial score (nSPS) is 10.7. The minimum Gasteiger partial charge on any atom is -0.496 e. The number of hydrogen-bond donors (Lipinski definition) is 3. The lowest BCUT2D eigenvalue weighted by molar-refractivity contribution is 0.0962. The van der Waals surface area contributed by atoms with E-state index in [1.165, 1.54) is 0 Å². The lowest BCUT2D eigenvalue weighted by atomic mass is 10.1. The number of carbonyl (C=O) groups is 2. The Balaban J connectivity index is 1.42. The molecule has 0 aliphatic rings. The minimum atomic E-state index is -0.268. The molecule has 190 valence electrons. The third kappa shape index (κ3) is 5.03. The number of amides is 2. The summed E-state index contributed by atoms with van der Waals surface area (Å²) in [6.45, 7) is 1.98. The molecule has 3 N–H and O–H groups in total. The number of benzene rings is 3. The molecule has 0 aliphatic heterocycles. The third-order valence-corrected chi connectivity index (χ3v) is 6.08. The molecular formula is C29H26N6O3. The zero-order valence-corrected chi connectivity index (χ0v) is 21.1. The Morgan fingerprint density at radius 3 is 2.45 bits per heavy atom. The van der Waals surface area contributed by atoms with Gasteiger partial charge < -0.3 is 25.1 Å². The molecule has 2 amide bonds. The summed E-state index contributed by atoms with van der Waals surface area (Å²) in [5.41, 5.74) is 5.56. The maximum absolute atomic E-state index is 13.0. The van der Waals surface area contributed by atoms with Crippen molar-refractivity contribution in [3.63, 3.8) is 0 Å². The van der Waals surface area contributed by atoms with E-state index in [9.17, 15) is 9.59 Å². The van der Waals surface area contributed by atoms with E-state index >= 15 is 0 Å². The summed E-state index contributed by atoms with van der Waals surface area (Å²) in [4.78, 5) is 34.0. The SMILES string of the molecule is CNC(=O)c1ccc(NC(=O)c2cccc(-c3cn4ccnc4c(Nc4ccc(OC)c(C)c4)n3)c2)cc1. The highest BCUT2D eigenvalue weighted by molar-refractivity contribution is 6.05. The van der Waals surface area contributed by atoms with E-state index in [2.05, 4.69) is 20.9 Å². The van der Waals surface area contributed by atoms with Crippen LogP contribution in [0.25, 0.3) is 16.9 Å². The molecule has 0 radical (unpaired) electrons. The van der Waals surface area contributed by atoms with Crippen molar-refractivity contribution in [3.8, 4) is 17.0 Å². The Hall–Kier alpha value is -5.18. The fourth-order valence-electron chi connectivity index (χ4n) is 4.12. The van der Waals surface area contributed by atoms with Crippen molar-refractivity contribution in [2.24, 2.45) is 0 Å². The Bertz CT molecular complexity index is 1640. The standard InChI is InChI=1S/C29H26N6O3/c1-18-15-23(11-12-25(18)38-3)32-26-27-31-13-14-35(27)17-24(34-26)20-5-4-6-21(16-20)29(37)33-22-9-7-19(8-10-22)28(36)30-2/h4-17H,1-3H3,(H,30,36)(H,32,34)(H,33,37). The molecule has 0 aliphatic carbocycles. The lowest BCUT2D eigenvalue weighted by Crippen LogP contribution is -2.17. The van der Waals surface area contributed by atoms with Gasteiger partial charge in [0.1, 0.15) is 5.75 Å². The number of fused-ring (bicyclic) bond motifs is 1. The van der Waals surface area contributed by atoms with Gasteiger partial charge in [0.15, 0.2) is 11.5 Å². The minimum absolute atomic E-state index is 0.186. The van der Waals surface area contributed by atoms with Crippen molar-refractivity contribution >= 4 is 34.7 Å². The predicted molar refractivity (Wildman–Crippen MR) is 147 cm³/mol. The highest BCUT2D eigenvalue weighted by Crippen LogP contribution is 2.28. The van der Waals surface area contributed by atoms with E-state index in [-0.39, 0.29) is 11.8 Å². The van der Waals surface area contributed by atoms with Gasteiger partial charge in [-0.05, 0) is 67.1 Å². The van der Waals surface area contributed by atoms with Crippen LogP contribution in [0.2, 0.25) is 0 Å². The summed E-state index contributed by atoms with van der Waals surface area (Å²) in [5, 5.41) is 8.82. The Labute approximate surface area is 219 Å². The van der Waals surface area contributed by atoms with Crippen LogP contribution in [0.1, 0.15) is 26.3 Å². The summed E-state index contributed by atoms with van der Waals surface area (Å²) in [7, 11) is 3.22. The molecule has 0 atom stereocenters. The smallest absolute Gasteiger partial charge is 0.255 e. The van der Waals surface area contributed by atoms with Crippen LogP contribution in [0, 0.1) is 6.92 Å². The van der Waals surface area contributed by atoms with E-state index in [1.54, 1.807) is 56.8 Å². The van der Waals surface area contributed by atoms with Crippen molar-refractivity contribution in [3.05, 3.63) is 102 Å². The number of anilines is 3. The van der Waals surface area contributed by atoms with Crippen LogP contribution in [-0.2, 0) is 0 Å². The lowest BCUT2D eigenvalue weighted by Gasteiger charge is -2.12. The number of imidazole rings is 1. The number of nitrogens with one attached hydrogen (secondary N) is 3. The van der Waals surface area contributed by atoms with Crippen LogP contribution in [0.5, 0.6) is 5.75 Å². The summed E-state index contributed by atoms with van der Waals surface area (Å²) in [6, 6.07) is 19.8. The molecule has 5 aromatic rings.